The van der Waals surface area contributed by atoms with Gasteiger partial charge < -0.3 is 11.1 Å². The summed E-state index contributed by atoms with van der Waals surface area (Å²) in [7, 11) is 0. The van der Waals surface area contributed by atoms with Crippen LogP contribution in [-0.2, 0) is 4.79 Å². The second kappa shape index (κ2) is 8.03. The number of carbonyl (C=O) groups excluding carboxylic acids is 1. The van der Waals surface area contributed by atoms with E-state index in [9.17, 15) is 4.79 Å². The van der Waals surface area contributed by atoms with Crippen molar-refractivity contribution in [2.24, 2.45) is 11.7 Å². The summed E-state index contributed by atoms with van der Waals surface area (Å²) >= 11 is 5.95. The molecule has 3 atom stereocenters. The van der Waals surface area contributed by atoms with Crippen LogP contribution in [0, 0.1) is 5.92 Å². The maximum atomic E-state index is 11.0. The summed E-state index contributed by atoms with van der Waals surface area (Å²) in [5, 5.41) is 4.35. The molecule has 3 rings (SSSR count). The number of rotatable bonds is 8. The minimum Gasteiger partial charge on any atom is -0.369 e. The van der Waals surface area contributed by atoms with E-state index in [4.69, 9.17) is 17.3 Å². The fraction of sp³-hybridized carbons (Fsp3) is 0.381. The van der Waals surface area contributed by atoms with E-state index in [0.29, 0.717) is 12.0 Å². The third kappa shape index (κ3) is 4.83. The molecule has 0 saturated heterocycles. The van der Waals surface area contributed by atoms with Gasteiger partial charge >= 0.3 is 0 Å². The molecule has 2 aromatic carbocycles. The Morgan fingerprint density at radius 2 is 1.76 bits per heavy atom. The lowest BCUT2D eigenvalue weighted by Crippen LogP contribution is -2.23. The Hall–Kier alpha value is -1.84. The van der Waals surface area contributed by atoms with Crippen molar-refractivity contribution < 1.29 is 4.79 Å². The van der Waals surface area contributed by atoms with E-state index in [1.54, 1.807) is 0 Å². The first-order valence-corrected chi connectivity index (χ1v) is 9.31. The topological polar surface area (TPSA) is 55.1 Å². The fourth-order valence-corrected chi connectivity index (χ4v) is 3.32. The number of amides is 1. The van der Waals surface area contributed by atoms with Gasteiger partial charge in [-0.2, -0.15) is 0 Å². The summed E-state index contributed by atoms with van der Waals surface area (Å²) in [6, 6.07) is 17.3. The van der Waals surface area contributed by atoms with Crippen LogP contribution < -0.4 is 11.1 Å². The van der Waals surface area contributed by atoms with Crippen molar-refractivity contribution in [3.63, 3.8) is 0 Å². The predicted octanol–water partition coefficient (Wildman–Crippen LogP) is 4.35. The molecule has 0 aliphatic heterocycles. The Bertz CT molecular complexity index is 712. The Morgan fingerprint density at radius 1 is 1.16 bits per heavy atom. The zero-order valence-corrected chi connectivity index (χ0v) is 15.3. The van der Waals surface area contributed by atoms with E-state index in [-0.39, 0.29) is 11.8 Å². The lowest BCUT2D eigenvalue weighted by molar-refractivity contribution is -0.121. The van der Waals surface area contributed by atoms with Crippen LogP contribution in [0.25, 0.3) is 11.1 Å². The highest BCUT2D eigenvalue weighted by molar-refractivity contribution is 6.30. The number of carbonyl (C=O) groups is 1. The zero-order valence-electron chi connectivity index (χ0n) is 14.5. The molecule has 4 heteroatoms. The van der Waals surface area contributed by atoms with Gasteiger partial charge in [0.15, 0.2) is 0 Å². The van der Waals surface area contributed by atoms with Crippen molar-refractivity contribution in [2.45, 2.75) is 38.1 Å². The highest BCUT2D eigenvalue weighted by atomic mass is 35.5. The van der Waals surface area contributed by atoms with Crippen LogP contribution in [0.15, 0.2) is 48.5 Å². The lowest BCUT2D eigenvalue weighted by Gasteiger charge is -2.08. The van der Waals surface area contributed by atoms with Crippen LogP contribution in [0.1, 0.15) is 37.7 Å². The number of halogens is 1. The van der Waals surface area contributed by atoms with E-state index < -0.39 is 0 Å². The third-order valence-corrected chi connectivity index (χ3v) is 5.26. The van der Waals surface area contributed by atoms with E-state index in [1.807, 2.05) is 31.2 Å². The maximum Gasteiger partial charge on any atom is 0.220 e. The molecule has 1 amide bonds. The van der Waals surface area contributed by atoms with Crippen LogP contribution in [-0.4, -0.2) is 18.5 Å². The average molecular weight is 357 g/mol. The molecule has 1 saturated carbocycles. The third-order valence-electron chi connectivity index (χ3n) is 5.01. The summed E-state index contributed by atoms with van der Waals surface area (Å²) in [5.41, 5.74) is 9.07. The van der Waals surface area contributed by atoms with Crippen LogP contribution in [0.5, 0.6) is 0 Å². The van der Waals surface area contributed by atoms with Crippen molar-refractivity contribution in [3.8, 4) is 11.1 Å². The summed E-state index contributed by atoms with van der Waals surface area (Å²) < 4.78 is 0. The fourth-order valence-electron chi connectivity index (χ4n) is 3.19. The van der Waals surface area contributed by atoms with Crippen molar-refractivity contribution >= 4 is 17.5 Å². The minimum absolute atomic E-state index is 0.0304. The molecule has 1 aliphatic rings. The Balaban J connectivity index is 1.46. The van der Waals surface area contributed by atoms with Gasteiger partial charge in [0.25, 0.3) is 0 Å². The van der Waals surface area contributed by atoms with E-state index in [2.05, 4.69) is 29.6 Å². The number of primary amides is 1. The van der Waals surface area contributed by atoms with Crippen LogP contribution >= 0.6 is 11.6 Å². The molecule has 25 heavy (non-hydrogen) atoms. The molecule has 2 unspecified atom stereocenters. The largest absolute Gasteiger partial charge is 0.369 e. The summed E-state index contributed by atoms with van der Waals surface area (Å²) in [6.45, 7) is 2.84. The van der Waals surface area contributed by atoms with Gasteiger partial charge in [0.1, 0.15) is 0 Å². The molecule has 132 valence electrons. The highest BCUT2D eigenvalue weighted by Gasteiger charge is 2.37. The summed E-state index contributed by atoms with van der Waals surface area (Å²) in [4.78, 5) is 11.0. The molecule has 0 spiro atoms. The molecule has 1 aliphatic carbocycles. The first-order chi connectivity index (χ1) is 12.0. The molecule has 2 aromatic rings. The van der Waals surface area contributed by atoms with Gasteiger partial charge in [-0.05, 0) is 54.6 Å². The van der Waals surface area contributed by atoms with Gasteiger partial charge in [0.05, 0.1) is 0 Å². The van der Waals surface area contributed by atoms with Gasteiger partial charge in [0, 0.05) is 22.9 Å². The average Bonchev–Trinajstić information content (AvgIpc) is 3.39. The molecule has 0 heterocycles. The van der Waals surface area contributed by atoms with Crippen LogP contribution in [0.2, 0.25) is 5.02 Å². The SMILES string of the molecule is CC(CCCN[C@H]1CC1c1ccc(-c2ccc(Cl)cc2)cc1)C(N)=O. The van der Waals surface area contributed by atoms with Gasteiger partial charge in [-0.25, -0.2) is 0 Å². The second-order valence-corrected chi connectivity index (χ2v) is 7.41. The molecular weight excluding hydrogens is 332 g/mol. The van der Waals surface area contributed by atoms with Gasteiger partial charge in [-0.3, -0.25) is 4.79 Å². The first-order valence-electron chi connectivity index (χ1n) is 8.93. The van der Waals surface area contributed by atoms with Gasteiger partial charge in [-0.15, -0.1) is 0 Å². The molecule has 3 N–H and O–H groups in total. The molecule has 1 fully saturated rings. The summed E-state index contributed by atoms with van der Waals surface area (Å²) in [5.74, 6) is 0.370. The highest BCUT2D eigenvalue weighted by Crippen LogP contribution is 2.41. The molecule has 0 aromatic heterocycles. The number of hydrogen-bond acceptors (Lipinski definition) is 2. The van der Waals surface area contributed by atoms with Crippen molar-refractivity contribution in [3.05, 3.63) is 59.1 Å². The van der Waals surface area contributed by atoms with Crippen molar-refractivity contribution in [1.82, 2.24) is 5.32 Å². The van der Waals surface area contributed by atoms with E-state index in [0.717, 1.165) is 24.4 Å². The normalized spacial score (nSPS) is 20.2. The van der Waals surface area contributed by atoms with Crippen LogP contribution in [0.3, 0.4) is 0 Å². The van der Waals surface area contributed by atoms with E-state index >= 15 is 0 Å². The molecule has 0 radical (unpaired) electrons. The molecule has 0 bridgehead atoms. The Morgan fingerprint density at radius 3 is 2.36 bits per heavy atom. The van der Waals surface area contributed by atoms with Crippen molar-refractivity contribution in [1.29, 1.82) is 0 Å². The smallest absolute Gasteiger partial charge is 0.220 e. The number of nitrogens with one attached hydrogen (secondary N) is 1. The predicted molar refractivity (Wildman–Crippen MR) is 104 cm³/mol. The standard InChI is InChI=1S/C21H25ClN2O/c1-14(21(23)25)3-2-12-24-20-13-19(20)17-6-4-15(5-7-17)16-8-10-18(22)11-9-16/h4-11,14,19-20,24H,2-3,12-13H2,1H3,(H2,23,25)/t14?,19?,20-/m0/s1. The minimum atomic E-state index is -0.204. The number of hydrogen-bond donors (Lipinski definition) is 2. The zero-order chi connectivity index (χ0) is 17.8. The van der Waals surface area contributed by atoms with Crippen LogP contribution in [0.4, 0.5) is 0 Å². The Labute approximate surface area is 154 Å². The Kier molecular flexibility index (Phi) is 5.77. The van der Waals surface area contributed by atoms with Gasteiger partial charge in [0.2, 0.25) is 5.91 Å². The molecular formula is C21H25ClN2O. The second-order valence-electron chi connectivity index (χ2n) is 6.98. The molecule has 3 nitrogen and oxygen atoms in total. The number of benzene rings is 2. The van der Waals surface area contributed by atoms with Gasteiger partial charge in [-0.1, -0.05) is 54.9 Å². The monoisotopic (exact) mass is 356 g/mol. The van der Waals surface area contributed by atoms with E-state index in [1.165, 1.54) is 23.1 Å². The number of nitrogens with two attached hydrogens (primary N) is 1. The van der Waals surface area contributed by atoms with Crippen molar-refractivity contribution in [2.75, 3.05) is 6.54 Å². The maximum absolute atomic E-state index is 11.0. The summed E-state index contributed by atoms with van der Waals surface area (Å²) in [6.07, 6.45) is 3.03. The lowest BCUT2D eigenvalue weighted by atomic mass is 10.0. The first kappa shape index (κ1) is 18.0. The quantitative estimate of drug-likeness (QED) is 0.691.